The predicted molar refractivity (Wildman–Crippen MR) is 244 cm³/mol. The van der Waals surface area contributed by atoms with Crippen LogP contribution in [0.5, 0.6) is 0 Å². The monoisotopic (exact) mass is 757 g/mol. The summed E-state index contributed by atoms with van der Waals surface area (Å²) in [7, 11) is 0. The van der Waals surface area contributed by atoms with Crippen LogP contribution < -0.4 is 4.90 Å². The molecule has 2 heterocycles. The van der Waals surface area contributed by atoms with Crippen LogP contribution in [0.15, 0.2) is 217 Å². The molecular formula is C55H35NOS. The van der Waals surface area contributed by atoms with Gasteiger partial charge in [0.25, 0.3) is 0 Å². The minimum absolute atomic E-state index is 0.561. The Labute approximate surface area is 340 Å². The van der Waals surface area contributed by atoms with E-state index in [4.69, 9.17) is 4.42 Å². The van der Waals surface area contributed by atoms with Crippen molar-refractivity contribution in [2.75, 3.05) is 4.90 Å². The van der Waals surface area contributed by atoms with Gasteiger partial charge in [-0.15, -0.1) is 11.3 Å². The largest absolute Gasteiger partial charge is 0.456 e. The number of hydrogen-bond acceptors (Lipinski definition) is 3. The molecule has 2 aromatic heterocycles. The summed E-state index contributed by atoms with van der Waals surface area (Å²) < 4.78 is 9.76. The van der Waals surface area contributed by atoms with Crippen molar-refractivity contribution in [3.8, 4) is 22.3 Å². The van der Waals surface area contributed by atoms with Gasteiger partial charge in [0.2, 0.25) is 0 Å². The fourth-order valence-electron chi connectivity index (χ4n) is 9.67. The number of thiophene rings is 1. The van der Waals surface area contributed by atoms with Gasteiger partial charge in [-0.25, -0.2) is 0 Å². The standard InChI is InChI=1S/C55H35NOS/c1-3-15-36(16-4-1)37-29-31-39(32-30-37)56(50-27-14-23-46-44-21-9-12-28-52(44)58-54(46)50)40-33-34-43-45-22-13-26-49(53(45)57-51(43)35-40)55(38-17-5-2-6-18-38)47-24-10-7-19-41(47)42-20-8-11-25-48(42)55/h1-35H. The zero-order chi connectivity index (χ0) is 38.2. The van der Waals surface area contributed by atoms with Crippen LogP contribution in [0.4, 0.5) is 17.1 Å². The molecule has 1 aliphatic rings. The lowest BCUT2D eigenvalue weighted by Gasteiger charge is -2.33. The van der Waals surface area contributed by atoms with Gasteiger partial charge in [-0.05, 0) is 75.3 Å². The Bertz CT molecular complexity index is 3300. The van der Waals surface area contributed by atoms with Crippen molar-refractivity contribution in [3.05, 3.63) is 235 Å². The van der Waals surface area contributed by atoms with Gasteiger partial charge in [0.1, 0.15) is 11.2 Å². The van der Waals surface area contributed by atoms with Crippen molar-refractivity contribution in [1.29, 1.82) is 0 Å². The summed E-state index contributed by atoms with van der Waals surface area (Å²) in [5.41, 5.74) is 14.3. The van der Waals surface area contributed by atoms with Crippen molar-refractivity contribution >= 4 is 70.5 Å². The smallest absolute Gasteiger partial charge is 0.140 e. The van der Waals surface area contributed by atoms with Crippen LogP contribution in [0, 0.1) is 0 Å². The first-order valence-corrected chi connectivity index (χ1v) is 20.7. The van der Waals surface area contributed by atoms with Gasteiger partial charge in [0.05, 0.1) is 15.8 Å². The third-order valence-electron chi connectivity index (χ3n) is 12.2. The highest BCUT2D eigenvalue weighted by Gasteiger charge is 2.47. The van der Waals surface area contributed by atoms with E-state index in [1.54, 1.807) is 0 Å². The van der Waals surface area contributed by atoms with E-state index < -0.39 is 5.41 Å². The van der Waals surface area contributed by atoms with Crippen LogP contribution in [-0.4, -0.2) is 0 Å². The van der Waals surface area contributed by atoms with Crippen LogP contribution in [0.1, 0.15) is 22.3 Å². The molecule has 11 aromatic rings. The summed E-state index contributed by atoms with van der Waals surface area (Å²) in [4.78, 5) is 2.40. The molecule has 9 aromatic carbocycles. The molecule has 0 spiro atoms. The molecule has 3 heteroatoms. The molecule has 0 N–H and O–H groups in total. The third-order valence-corrected chi connectivity index (χ3v) is 13.4. The van der Waals surface area contributed by atoms with Gasteiger partial charge < -0.3 is 9.32 Å². The van der Waals surface area contributed by atoms with Crippen molar-refractivity contribution < 1.29 is 4.42 Å². The molecule has 0 atom stereocenters. The zero-order valence-corrected chi connectivity index (χ0v) is 32.3. The molecule has 0 radical (unpaired) electrons. The van der Waals surface area contributed by atoms with Gasteiger partial charge >= 0.3 is 0 Å². The Hall–Kier alpha value is -7.20. The fourth-order valence-corrected chi connectivity index (χ4v) is 10.9. The van der Waals surface area contributed by atoms with E-state index in [2.05, 4.69) is 217 Å². The van der Waals surface area contributed by atoms with Gasteiger partial charge in [0, 0.05) is 49.2 Å². The minimum Gasteiger partial charge on any atom is -0.456 e. The summed E-state index contributed by atoms with van der Waals surface area (Å²) in [6.45, 7) is 0. The van der Waals surface area contributed by atoms with E-state index in [0.29, 0.717) is 0 Å². The van der Waals surface area contributed by atoms with Gasteiger partial charge in [0.15, 0.2) is 0 Å². The van der Waals surface area contributed by atoms with Gasteiger partial charge in [-0.1, -0.05) is 170 Å². The lowest BCUT2D eigenvalue weighted by molar-refractivity contribution is 0.648. The lowest BCUT2D eigenvalue weighted by atomic mass is 9.67. The van der Waals surface area contributed by atoms with E-state index in [1.165, 1.54) is 59.1 Å². The maximum Gasteiger partial charge on any atom is 0.140 e. The van der Waals surface area contributed by atoms with Gasteiger partial charge in [-0.2, -0.15) is 0 Å². The normalized spacial score (nSPS) is 13.0. The Morgan fingerprint density at radius 1 is 0.414 bits per heavy atom. The molecule has 12 rings (SSSR count). The number of benzene rings is 9. The highest BCUT2D eigenvalue weighted by Crippen LogP contribution is 2.58. The van der Waals surface area contributed by atoms with Crippen LogP contribution in [0.2, 0.25) is 0 Å². The van der Waals surface area contributed by atoms with E-state index in [0.717, 1.165) is 44.6 Å². The number of nitrogens with zero attached hydrogens (tertiary/aromatic N) is 1. The summed E-state index contributed by atoms with van der Waals surface area (Å²) in [5, 5.41) is 4.76. The molecule has 0 aliphatic heterocycles. The topological polar surface area (TPSA) is 16.4 Å². The van der Waals surface area contributed by atoms with Crippen LogP contribution >= 0.6 is 11.3 Å². The molecule has 0 saturated heterocycles. The second-order valence-corrected chi connectivity index (χ2v) is 16.2. The number of fused-ring (bicyclic) bond motifs is 9. The predicted octanol–water partition coefficient (Wildman–Crippen LogP) is 15.5. The van der Waals surface area contributed by atoms with Gasteiger partial charge in [-0.3, -0.25) is 0 Å². The quantitative estimate of drug-likeness (QED) is 0.168. The third kappa shape index (κ3) is 4.78. The second kappa shape index (κ2) is 12.9. The summed E-state index contributed by atoms with van der Waals surface area (Å²) in [6.07, 6.45) is 0. The van der Waals surface area contributed by atoms with Crippen molar-refractivity contribution in [1.82, 2.24) is 0 Å². The fraction of sp³-hybridized carbons (Fsp3) is 0.0182. The minimum atomic E-state index is -0.561. The number of furan rings is 1. The number of para-hydroxylation sites is 1. The molecule has 1 aliphatic carbocycles. The van der Waals surface area contributed by atoms with Crippen LogP contribution in [0.3, 0.4) is 0 Å². The highest BCUT2D eigenvalue weighted by molar-refractivity contribution is 7.26. The van der Waals surface area contributed by atoms with E-state index in [9.17, 15) is 0 Å². The van der Waals surface area contributed by atoms with Crippen molar-refractivity contribution in [2.24, 2.45) is 0 Å². The first-order chi connectivity index (χ1) is 28.8. The van der Waals surface area contributed by atoms with Crippen molar-refractivity contribution in [3.63, 3.8) is 0 Å². The Kier molecular flexibility index (Phi) is 7.35. The first-order valence-electron chi connectivity index (χ1n) is 19.8. The molecule has 0 bridgehead atoms. The molecule has 2 nitrogen and oxygen atoms in total. The molecule has 0 saturated carbocycles. The average molecular weight is 758 g/mol. The maximum atomic E-state index is 7.22. The molecule has 0 amide bonds. The molecule has 0 unspecified atom stereocenters. The Morgan fingerprint density at radius 2 is 1.00 bits per heavy atom. The molecule has 0 fully saturated rings. The average Bonchev–Trinajstić information content (AvgIpc) is 3.96. The Morgan fingerprint density at radius 3 is 1.78 bits per heavy atom. The molecule has 272 valence electrons. The Balaban J connectivity index is 1.09. The van der Waals surface area contributed by atoms with E-state index in [-0.39, 0.29) is 0 Å². The molecule has 58 heavy (non-hydrogen) atoms. The second-order valence-electron chi connectivity index (χ2n) is 15.2. The number of rotatable bonds is 6. The lowest BCUT2D eigenvalue weighted by Crippen LogP contribution is -2.28. The van der Waals surface area contributed by atoms with E-state index >= 15 is 0 Å². The zero-order valence-electron chi connectivity index (χ0n) is 31.5. The first kappa shape index (κ1) is 33.0. The highest BCUT2D eigenvalue weighted by atomic mass is 32.1. The summed E-state index contributed by atoms with van der Waals surface area (Å²) >= 11 is 1.85. The maximum absolute atomic E-state index is 7.22. The van der Waals surface area contributed by atoms with Crippen LogP contribution in [-0.2, 0) is 5.41 Å². The number of anilines is 3. The number of hydrogen-bond donors (Lipinski definition) is 0. The van der Waals surface area contributed by atoms with Crippen LogP contribution in [0.25, 0.3) is 64.4 Å². The summed E-state index contributed by atoms with van der Waals surface area (Å²) in [6, 6.07) is 77.2. The summed E-state index contributed by atoms with van der Waals surface area (Å²) in [5.74, 6) is 0. The SMILES string of the molecule is c1ccc(-c2ccc(N(c3ccc4c(c3)oc3c(C5(c6ccccc6)c6ccccc6-c6ccccc65)cccc34)c3cccc4c3sc3ccccc34)cc2)cc1. The van der Waals surface area contributed by atoms with Crippen molar-refractivity contribution in [2.45, 2.75) is 5.41 Å². The van der Waals surface area contributed by atoms with E-state index in [1.807, 2.05) is 11.3 Å². The molecular weight excluding hydrogens is 723 g/mol.